The molecule has 1 aliphatic rings. The van der Waals surface area contributed by atoms with E-state index >= 15 is 0 Å². The van der Waals surface area contributed by atoms with E-state index in [2.05, 4.69) is 0 Å². The van der Waals surface area contributed by atoms with Gasteiger partial charge in [0, 0.05) is 11.6 Å². The van der Waals surface area contributed by atoms with E-state index in [1.807, 2.05) is 24.3 Å². The van der Waals surface area contributed by atoms with E-state index in [0.29, 0.717) is 5.92 Å². The fourth-order valence-electron chi connectivity index (χ4n) is 2.74. The quantitative estimate of drug-likeness (QED) is 0.884. The number of hydrogen-bond acceptors (Lipinski definition) is 1. The maximum absolute atomic E-state index is 13.8. The second kappa shape index (κ2) is 5.33. The Labute approximate surface area is 116 Å². The van der Waals surface area contributed by atoms with Crippen molar-refractivity contribution in [3.05, 3.63) is 70.8 Å². The lowest BCUT2D eigenvalue weighted by atomic mass is 9.77. The van der Waals surface area contributed by atoms with Crippen molar-refractivity contribution < 1.29 is 13.9 Å². The summed E-state index contributed by atoms with van der Waals surface area (Å²) in [5.41, 5.74) is 1.93. The molecule has 2 aromatic rings. The summed E-state index contributed by atoms with van der Waals surface area (Å²) in [5.74, 6) is -0.893. The lowest BCUT2D eigenvalue weighted by Crippen LogP contribution is -2.14. The Balaban J connectivity index is 1.99. The molecule has 1 saturated carbocycles. The van der Waals surface area contributed by atoms with Gasteiger partial charge in [-0.25, -0.2) is 8.78 Å². The minimum Gasteiger partial charge on any atom is -0.384 e. The molecule has 0 bridgehead atoms. The smallest absolute Gasteiger partial charge is 0.132 e. The van der Waals surface area contributed by atoms with E-state index in [1.54, 1.807) is 0 Å². The van der Waals surface area contributed by atoms with Crippen LogP contribution >= 0.6 is 0 Å². The maximum atomic E-state index is 13.8. The van der Waals surface area contributed by atoms with Crippen LogP contribution in [0.15, 0.2) is 42.5 Å². The zero-order chi connectivity index (χ0) is 14.1. The van der Waals surface area contributed by atoms with E-state index in [1.165, 1.54) is 18.6 Å². The van der Waals surface area contributed by atoms with Crippen molar-refractivity contribution in [2.24, 2.45) is 0 Å². The zero-order valence-electron chi connectivity index (χ0n) is 11.0. The Morgan fingerprint density at radius 2 is 1.75 bits per heavy atom. The Bertz CT molecular complexity index is 620. The van der Waals surface area contributed by atoms with Crippen molar-refractivity contribution in [1.29, 1.82) is 0 Å². The van der Waals surface area contributed by atoms with E-state index in [9.17, 15) is 13.9 Å². The minimum atomic E-state index is -1.05. The summed E-state index contributed by atoms with van der Waals surface area (Å²) in [5, 5.41) is 10.5. The van der Waals surface area contributed by atoms with Crippen LogP contribution in [0.4, 0.5) is 8.78 Å². The van der Waals surface area contributed by atoms with Crippen molar-refractivity contribution in [2.75, 3.05) is 0 Å². The molecule has 0 aromatic heterocycles. The van der Waals surface area contributed by atoms with Crippen molar-refractivity contribution in [3.63, 3.8) is 0 Å². The third kappa shape index (κ3) is 2.34. The van der Waals surface area contributed by atoms with Crippen LogP contribution in [0.1, 0.15) is 48.0 Å². The number of aliphatic hydroxyl groups excluding tert-OH is 1. The lowest BCUT2D eigenvalue weighted by molar-refractivity contribution is 0.211. The van der Waals surface area contributed by atoms with Crippen LogP contribution in [0.5, 0.6) is 0 Å². The molecule has 1 atom stereocenters. The van der Waals surface area contributed by atoms with Crippen LogP contribution < -0.4 is 0 Å². The molecule has 0 amide bonds. The molecule has 0 spiro atoms. The third-order valence-electron chi connectivity index (χ3n) is 4.09. The molecule has 2 aromatic carbocycles. The Morgan fingerprint density at radius 1 is 1.00 bits per heavy atom. The lowest BCUT2D eigenvalue weighted by Gasteiger charge is -2.29. The molecule has 1 aliphatic carbocycles. The first-order valence-electron chi connectivity index (χ1n) is 6.88. The molecule has 3 rings (SSSR count). The van der Waals surface area contributed by atoms with E-state index < -0.39 is 17.7 Å². The van der Waals surface area contributed by atoms with Gasteiger partial charge in [-0.3, -0.25) is 0 Å². The van der Waals surface area contributed by atoms with Crippen LogP contribution in [0.25, 0.3) is 0 Å². The Kier molecular flexibility index (Phi) is 3.53. The Hall–Kier alpha value is -1.74. The molecule has 1 fully saturated rings. The number of halogens is 2. The molecule has 1 N–H and O–H groups in total. The summed E-state index contributed by atoms with van der Waals surface area (Å²) in [6.45, 7) is 0. The van der Waals surface area contributed by atoms with Crippen molar-refractivity contribution in [3.8, 4) is 0 Å². The molecule has 0 saturated heterocycles. The average molecular weight is 274 g/mol. The number of rotatable bonds is 3. The highest BCUT2D eigenvalue weighted by atomic mass is 19.1. The summed E-state index contributed by atoms with van der Waals surface area (Å²) in [6.07, 6.45) is 2.36. The largest absolute Gasteiger partial charge is 0.384 e. The van der Waals surface area contributed by atoms with Gasteiger partial charge in [0.1, 0.15) is 17.7 Å². The fraction of sp³-hybridized carbons (Fsp3) is 0.294. The first-order valence-corrected chi connectivity index (χ1v) is 6.88. The number of aliphatic hydroxyl groups is 1. The molecule has 20 heavy (non-hydrogen) atoms. The number of benzene rings is 2. The predicted octanol–water partition coefficient (Wildman–Crippen LogP) is 4.31. The van der Waals surface area contributed by atoms with Crippen LogP contribution in [0.2, 0.25) is 0 Å². The second-order valence-electron chi connectivity index (χ2n) is 5.33. The molecular weight excluding hydrogens is 258 g/mol. The molecule has 0 heterocycles. The van der Waals surface area contributed by atoms with Gasteiger partial charge >= 0.3 is 0 Å². The van der Waals surface area contributed by atoms with Crippen LogP contribution in [-0.2, 0) is 0 Å². The first kappa shape index (κ1) is 13.3. The maximum Gasteiger partial charge on any atom is 0.132 e. The molecule has 1 unspecified atom stereocenters. The van der Waals surface area contributed by atoms with Crippen LogP contribution in [0, 0.1) is 11.6 Å². The van der Waals surface area contributed by atoms with Gasteiger partial charge in [0.15, 0.2) is 0 Å². The summed E-state index contributed by atoms with van der Waals surface area (Å²) >= 11 is 0. The SMILES string of the molecule is OC(c1ccc(F)cc1F)c1ccccc1C1CCC1. The summed E-state index contributed by atoms with van der Waals surface area (Å²) in [7, 11) is 0. The summed E-state index contributed by atoms with van der Waals surface area (Å²) < 4.78 is 26.8. The molecule has 104 valence electrons. The van der Waals surface area contributed by atoms with E-state index in [-0.39, 0.29) is 5.56 Å². The zero-order valence-corrected chi connectivity index (χ0v) is 11.0. The third-order valence-corrected chi connectivity index (χ3v) is 4.09. The van der Waals surface area contributed by atoms with Gasteiger partial charge in [-0.15, -0.1) is 0 Å². The van der Waals surface area contributed by atoms with Gasteiger partial charge in [-0.1, -0.05) is 36.8 Å². The summed E-state index contributed by atoms with van der Waals surface area (Å²) in [6, 6.07) is 10.9. The fourth-order valence-corrected chi connectivity index (χ4v) is 2.74. The first-order chi connectivity index (χ1) is 9.66. The second-order valence-corrected chi connectivity index (χ2v) is 5.33. The predicted molar refractivity (Wildman–Crippen MR) is 73.5 cm³/mol. The average Bonchev–Trinajstić information content (AvgIpc) is 2.37. The highest BCUT2D eigenvalue weighted by molar-refractivity contribution is 5.39. The van der Waals surface area contributed by atoms with Gasteiger partial charge in [0.2, 0.25) is 0 Å². The molecule has 0 aliphatic heterocycles. The molecule has 3 heteroatoms. The molecule has 0 radical (unpaired) electrons. The van der Waals surface area contributed by atoms with Gasteiger partial charge in [-0.2, -0.15) is 0 Å². The van der Waals surface area contributed by atoms with Gasteiger partial charge < -0.3 is 5.11 Å². The van der Waals surface area contributed by atoms with Gasteiger partial charge in [0.25, 0.3) is 0 Å². The standard InChI is InChI=1S/C17H16F2O/c18-12-8-9-15(16(19)10-12)17(20)14-7-2-1-6-13(14)11-4-3-5-11/h1-2,6-11,17,20H,3-5H2. The van der Waals surface area contributed by atoms with Crippen molar-refractivity contribution in [2.45, 2.75) is 31.3 Å². The van der Waals surface area contributed by atoms with Gasteiger partial charge in [-0.05, 0) is 36.0 Å². The number of hydrogen-bond donors (Lipinski definition) is 1. The Morgan fingerprint density at radius 3 is 2.40 bits per heavy atom. The van der Waals surface area contributed by atoms with E-state index in [0.717, 1.165) is 30.0 Å². The van der Waals surface area contributed by atoms with Crippen LogP contribution in [-0.4, -0.2) is 5.11 Å². The van der Waals surface area contributed by atoms with Crippen molar-refractivity contribution in [1.82, 2.24) is 0 Å². The molecule has 1 nitrogen and oxygen atoms in total. The van der Waals surface area contributed by atoms with Crippen LogP contribution in [0.3, 0.4) is 0 Å². The van der Waals surface area contributed by atoms with E-state index in [4.69, 9.17) is 0 Å². The van der Waals surface area contributed by atoms with Crippen molar-refractivity contribution >= 4 is 0 Å². The monoisotopic (exact) mass is 274 g/mol. The highest BCUT2D eigenvalue weighted by Crippen LogP contribution is 2.40. The normalized spacial score (nSPS) is 16.8. The highest BCUT2D eigenvalue weighted by Gasteiger charge is 2.25. The topological polar surface area (TPSA) is 20.2 Å². The molecular formula is C17H16F2O. The van der Waals surface area contributed by atoms with Gasteiger partial charge in [0.05, 0.1) is 0 Å². The minimum absolute atomic E-state index is 0.123. The summed E-state index contributed by atoms with van der Waals surface area (Å²) in [4.78, 5) is 0.